The lowest BCUT2D eigenvalue weighted by molar-refractivity contribution is -0.120. The van der Waals surface area contributed by atoms with Crippen molar-refractivity contribution in [2.75, 3.05) is 5.32 Å². The number of halogens is 1. The molecule has 154 valence electrons. The smallest absolute Gasteiger partial charge is 0.230 e. The second kappa shape index (κ2) is 10.2. The van der Waals surface area contributed by atoms with Crippen LogP contribution in [0.3, 0.4) is 0 Å². The van der Waals surface area contributed by atoms with Crippen LogP contribution in [0.1, 0.15) is 31.2 Å². The zero-order valence-corrected chi connectivity index (χ0v) is 17.7. The average molecular weight is 435 g/mol. The molecule has 0 fully saturated rings. The molecule has 2 atom stereocenters. The van der Waals surface area contributed by atoms with Crippen molar-refractivity contribution in [3.8, 4) is 11.5 Å². The Labute approximate surface area is 179 Å². The van der Waals surface area contributed by atoms with Gasteiger partial charge in [0.05, 0.1) is 12.5 Å². The van der Waals surface area contributed by atoms with Gasteiger partial charge in [-0.15, -0.1) is 23.7 Å². The van der Waals surface area contributed by atoms with E-state index in [0.717, 1.165) is 5.56 Å². The molecule has 3 rings (SSSR count). The second-order valence-electron chi connectivity index (χ2n) is 6.43. The molecule has 0 spiro atoms. The van der Waals surface area contributed by atoms with E-state index in [9.17, 15) is 9.59 Å². The first-order valence-corrected chi connectivity index (χ1v) is 9.72. The van der Waals surface area contributed by atoms with Gasteiger partial charge in [0.1, 0.15) is 11.5 Å². The Balaban J connectivity index is 0.00000300. The summed E-state index contributed by atoms with van der Waals surface area (Å²) in [6, 6.07) is 12.7. The zero-order valence-electron chi connectivity index (χ0n) is 16.0. The summed E-state index contributed by atoms with van der Waals surface area (Å²) >= 11 is 1.31. The van der Waals surface area contributed by atoms with Crippen LogP contribution >= 0.6 is 23.7 Å². The molecule has 2 unspecified atom stereocenters. The summed E-state index contributed by atoms with van der Waals surface area (Å²) in [5, 5.41) is 7.78. The molecule has 0 bridgehead atoms. The highest BCUT2D eigenvalue weighted by Gasteiger charge is 2.23. The SMILES string of the molecule is CC(=O)NCc1ccc(-c2csc(NC(=O)C(C)C(N)c3ccccc3)n2)o1.Cl. The molecular formula is C20H23ClN4O3S. The van der Waals surface area contributed by atoms with Gasteiger partial charge in [-0.25, -0.2) is 4.98 Å². The molecule has 0 aliphatic rings. The molecule has 0 saturated heterocycles. The lowest BCUT2D eigenvalue weighted by Crippen LogP contribution is -2.30. The molecule has 2 heterocycles. The second-order valence-corrected chi connectivity index (χ2v) is 7.29. The summed E-state index contributed by atoms with van der Waals surface area (Å²) in [4.78, 5) is 27.9. The number of furan rings is 1. The fourth-order valence-electron chi connectivity index (χ4n) is 2.61. The Hall–Kier alpha value is -2.68. The number of amides is 2. The Morgan fingerprint density at radius 3 is 2.62 bits per heavy atom. The summed E-state index contributed by atoms with van der Waals surface area (Å²) in [5.74, 6) is 0.475. The number of carbonyl (C=O) groups excluding carboxylic acids is 2. The minimum absolute atomic E-state index is 0. The number of nitrogens with one attached hydrogen (secondary N) is 2. The standard InChI is InChI=1S/C20H22N4O3S.ClH/c1-12(18(21)14-6-4-3-5-7-14)19(26)24-20-23-16(11-28-20)17-9-8-15(27-17)10-22-13(2)25;/h3-9,11-12,18H,10,21H2,1-2H3,(H,22,25)(H,23,24,26);1H. The van der Waals surface area contributed by atoms with Gasteiger partial charge in [-0.3, -0.25) is 9.59 Å². The van der Waals surface area contributed by atoms with Crippen LogP contribution in [0.4, 0.5) is 5.13 Å². The van der Waals surface area contributed by atoms with Crippen molar-refractivity contribution < 1.29 is 14.0 Å². The van der Waals surface area contributed by atoms with Gasteiger partial charge < -0.3 is 20.8 Å². The highest BCUT2D eigenvalue weighted by molar-refractivity contribution is 7.14. The van der Waals surface area contributed by atoms with Crippen LogP contribution in [0.25, 0.3) is 11.5 Å². The average Bonchev–Trinajstić information content (AvgIpc) is 3.35. The number of hydrogen-bond acceptors (Lipinski definition) is 6. The predicted octanol–water partition coefficient (Wildman–Crippen LogP) is 3.74. The number of nitrogens with two attached hydrogens (primary N) is 1. The van der Waals surface area contributed by atoms with Gasteiger partial charge in [-0.05, 0) is 17.7 Å². The molecule has 0 aliphatic heterocycles. The van der Waals surface area contributed by atoms with E-state index in [1.165, 1.54) is 18.3 Å². The van der Waals surface area contributed by atoms with Crippen molar-refractivity contribution >= 4 is 40.7 Å². The molecule has 29 heavy (non-hydrogen) atoms. The van der Waals surface area contributed by atoms with E-state index in [0.29, 0.717) is 28.9 Å². The first-order chi connectivity index (χ1) is 13.4. The fourth-order valence-corrected chi connectivity index (χ4v) is 3.32. The highest BCUT2D eigenvalue weighted by Crippen LogP contribution is 2.28. The molecule has 0 radical (unpaired) electrons. The van der Waals surface area contributed by atoms with Crippen LogP contribution < -0.4 is 16.4 Å². The first kappa shape index (κ1) is 22.6. The third kappa shape index (κ3) is 5.90. The van der Waals surface area contributed by atoms with Crippen LogP contribution in [-0.2, 0) is 16.1 Å². The minimum atomic E-state index is -0.414. The molecule has 0 aliphatic carbocycles. The van der Waals surface area contributed by atoms with E-state index in [-0.39, 0.29) is 24.2 Å². The van der Waals surface area contributed by atoms with Crippen molar-refractivity contribution in [1.29, 1.82) is 0 Å². The summed E-state index contributed by atoms with van der Waals surface area (Å²) < 4.78 is 5.68. The normalized spacial score (nSPS) is 12.5. The molecule has 4 N–H and O–H groups in total. The summed E-state index contributed by atoms with van der Waals surface area (Å²) in [6.07, 6.45) is 0. The van der Waals surface area contributed by atoms with E-state index < -0.39 is 12.0 Å². The number of anilines is 1. The van der Waals surface area contributed by atoms with Crippen LogP contribution in [0.2, 0.25) is 0 Å². The van der Waals surface area contributed by atoms with E-state index in [4.69, 9.17) is 10.2 Å². The summed E-state index contributed by atoms with van der Waals surface area (Å²) in [7, 11) is 0. The first-order valence-electron chi connectivity index (χ1n) is 8.84. The van der Waals surface area contributed by atoms with Gasteiger partial charge in [0.25, 0.3) is 0 Å². The molecule has 1 aromatic carbocycles. The molecule has 2 aromatic heterocycles. The van der Waals surface area contributed by atoms with Crippen LogP contribution in [0.5, 0.6) is 0 Å². The largest absolute Gasteiger partial charge is 0.458 e. The molecule has 7 nitrogen and oxygen atoms in total. The summed E-state index contributed by atoms with van der Waals surface area (Å²) in [6.45, 7) is 3.56. The van der Waals surface area contributed by atoms with E-state index in [1.807, 2.05) is 30.3 Å². The molecule has 2 amide bonds. The van der Waals surface area contributed by atoms with Gasteiger partial charge >= 0.3 is 0 Å². The molecular weight excluding hydrogens is 412 g/mol. The Kier molecular flexibility index (Phi) is 7.95. The molecule has 0 saturated carbocycles. The van der Waals surface area contributed by atoms with Gasteiger partial charge in [0.2, 0.25) is 11.8 Å². The van der Waals surface area contributed by atoms with Crippen molar-refractivity contribution in [3.63, 3.8) is 0 Å². The summed E-state index contributed by atoms with van der Waals surface area (Å²) in [5.41, 5.74) is 7.75. The maximum atomic E-state index is 12.5. The predicted molar refractivity (Wildman–Crippen MR) is 116 cm³/mol. The van der Waals surface area contributed by atoms with Crippen molar-refractivity contribution in [2.24, 2.45) is 11.7 Å². The van der Waals surface area contributed by atoms with Gasteiger partial charge in [-0.1, -0.05) is 37.3 Å². The maximum Gasteiger partial charge on any atom is 0.230 e. The molecule has 9 heteroatoms. The third-order valence-corrected chi connectivity index (χ3v) is 5.05. The number of aromatic nitrogens is 1. The molecule has 3 aromatic rings. The Morgan fingerprint density at radius 1 is 1.21 bits per heavy atom. The van der Waals surface area contributed by atoms with E-state index in [2.05, 4.69) is 15.6 Å². The van der Waals surface area contributed by atoms with E-state index >= 15 is 0 Å². The highest BCUT2D eigenvalue weighted by atomic mass is 35.5. The number of thiazole rings is 1. The van der Waals surface area contributed by atoms with Crippen molar-refractivity contribution in [2.45, 2.75) is 26.4 Å². The van der Waals surface area contributed by atoms with Crippen molar-refractivity contribution in [1.82, 2.24) is 10.3 Å². The van der Waals surface area contributed by atoms with Gasteiger partial charge in [0.15, 0.2) is 10.9 Å². The minimum Gasteiger partial charge on any atom is -0.458 e. The fraction of sp³-hybridized carbons (Fsp3) is 0.250. The van der Waals surface area contributed by atoms with Gasteiger partial charge in [0, 0.05) is 18.3 Å². The third-order valence-electron chi connectivity index (χ3n) is 4.30. The van der Waals surface area contributed by atoms with Crippen LogP contribution in [0.15, 0.2) is 52.3 Å². The van der Waals surface area contributed by atoms with Crippen LogP contribution in [-0.4, -0.2) is 16.8 Å². The van der Waals surface area contributed by atoms with Crippen LogP contribution in [0, 0.1) is 5.92 Å². The number of rotatable bonds is 7. The lowest BCUT2D eigenvalue weighted by Gasteiger charge is -2.19. The maximum absolute atomic E-state index is 12.5. The van der Waals surface area contributed by atoms with E-state index in [1.54, 1.807) is 24.4 Å². The topological polar surface area (TPSA) is 110 Å². The zero-order chi connectivity index (χ0) is 20.1. The Morgan fingerprint density at radius 2 is 1.93 bits per heavy atom. The Bertz CT molecular complexity index is 958. The lowest BCUT2D eigenvalue weighted by atomic mass is 9.95. The van der Waals surface area contributed by atoms with Crippen molar-refractivity contribution in [3.05, 3.63) is 59.2 Å². The number of carbonyl (C=O) groups is 2. The number of benzene rings is 1. The number of hydrogen-bond donors (Lipinski definition) is 3. The van der Waals surface area contributed by atoms with Gasteiger partial charge in [-0.2, -0.15) is 0 Å². The quantitative estimate of drug-likeness (QED) is 0.524. The number of nitrogens with zero attached hydrogens (tertiary/aromatic N) is 1. The monoisotopic (exact) mass is 434 g/mol.